The maximum atomic E-state index is 13.1. The molecule has 0 atom stereocenters. The second-order valence-corrected chi connectivity index (χ2v) is 6.57. The van der Waals surface area contributed by atoms with Crippen molar-refractivity contribution < 1.29 is 14.0 Å². The Balaban J connectivity index is 1.45. The molecular weight excluding hydrogens is 357 g/mol. The van der Waals surface area contributed by atoms with Crippen LogP contribution >= 0.6 is 0 Å². The van der Waals surface area contributed by atoms with Gasteiger partial charge in [0.05, 0.1) is 0 Å². The standard InChI is InChI=1S/C22H18FN3O2/c23-18-7-5-16(6-8-18)22(28)26-12-10-17-13-15(4-9-20(17)26)14-25-21(27)19-3-1-2-11-24-19/h1-9,11,13H,10,12,14H2,(H,25,27). The molecule has 1 aliphatic rings. The van der Waals surface area contributed by atoms with Crippen molar-refractivity contribution in [3.8, 4) is 0 Å². The van der Waals surface area contributed by atoms with Crippen LogP contribution in [-0.2, 0) is 13.0 Å². The Hall–Kier alpha value is -3.54. The predicted octanol–water partition coefficient (Wildman–Crippen LogP) is 3.35. The zero-order valence-corrected chi connectivity index (χ0v) is 15.1. The van der Waals surface area contributed by atoms with Crippen molar-refractivity contribution >= 4 is 17.5 Å². The molecule has 2 aromatic carbocycles. The van der Waals surface area contributed by atoms with Gasteiger partial charge in [0, 0.05) is 30.5 Å². The summed E-state index contributed by atoms with van der Waals surface area (Å²) in [4.78, 5) is 30.6. The van der Waals surface area contributed by atoms with Crippen LogP contribution in [0.2, 0.25) is 0 Å². The van der Waals surface area contributed by atoms with Gasteiger partial charge in [0.15, 0.2) is 0 Å². The first kappa shape index (κ1) is 17.9. The molecule has 1 aromatic heterocycles. The van der Waals surface area contributed by atoms with Gasteiger partial charge in [-0.15, -0.1) is 0 Å². The van der Waals surface area contributed by atoms with Crippen LogP contribution in [0.5, 0.6) is 0 Å². The Bertz CT molecular complexity index is 1020. The summed E-state index contributed by atoms with van der Waals surface area (Å²) in [6.45, 7) is 0.962. The smallest absolute Gasteiger partial charge is 0.270 e. The number of pyridine rings is 1. The highest BCUT2D eigenvalue weighted by Gasteiger charge is 2.25. The fourth-order valence-corrected chi connectivity index (χ4v) is 3.29. The average molecular weight is 375 g/mol. The number of halogens is 1. The second kappa shape index (κ2) is 7.60. The molecule has 0 saturated carbocycles. The quantitative estimate of drug-likeness (QED) is 0.761. The number of hydrogen-bond acceptors (Lipinski definition) is 3. The number of carbonyl (C=O) groups excluding carboxylic acids is 2. The van der Waals surface area contributed by atoms with Gasteiger partial charge in [-0.05, 0) is 60.0 Å². The van der Waals surface area contributed by atoms with E-state index in [4.69, 9.17) is 0 Å². The molecule has 1 aliphatic heterocycles. The summed E-state index contributed by atoms with van der Waals surface area (Å²) in [5, 5.41) is 2.85. The van der Waals surface area contributed by atoms with Crippen LogP contribution in [0.3, 0.4) is 0 Å². The van der Waals surface area contributed by atoms with Gasteiger partial charge in [0.2, 0.25) is 0 Å². The molecule has 0 saturated heterocycles. The lowest BCUT2D eigenvalue weighted by molar-refractivity contribution is 0.0944. The van der Waals surface area contributed by atoms with Gasteiger partial charge < -0.3 is 10.2 Å². The van der Waals surface area contributed by atoms with E-state index in [1.54, 1.807) is 29.3 Å². The van der Waals surface area contributed by atoms with E-state index in [2.05, 4.69) is 10.3 Å². The number of amides is 2. The topological polar surface area (TPSA) is 62.3 Å². The van der Waals surface area contributed by atoms with E-state index in [1.165, 1.54) is 24.3 Å². The van der Waals surface area contributed by atoms with E-state index in [1.807, 2.05) is 18.2 Å². The van der Waals surface area contributed by atoms with Crippen molar-refractivity contribution in [3.63, 3.8) is 0 Å². The predicted molar refractivity (Wildman–Crippen MR) is 104 cm³/mol. The molecule has 0 bridgehead atoms. The minimum atomic E-state index is -0.365. The van der Waals surface area contributed by atoms with E-state index >= 15 is 0 Å². The van der Waals surface area contributed by atoms with Crippen LogP contribution in [-0.4, -0.2) is 23.3 Å². The van der Waals surface area contributed by atoms with Crippen LogP contribution in [0.15, 0.2) is 66.9 Å². The molecule has 6 heteroatoms. The van der Waals surface area contributed by atoms with Crippen molar-refractivity contribution in [2.75, 3.05) is 11.4 Å². The molecule has 0 aliphatic carbocycles. The summed E-state index contributed by atoms with van der Waals surface area (Å²) in [6, 6.07) is 16.6. The maximum absolute atomic E-state index is 13.1. The first-order chi connectivity index (χ1) is 13.6. The molecule has 5 nitrogen and oxygen atoms in total. The second-order valence-electron chi connectivity index (χ2n) is 6.57. The Labute approximate surface area is 161 Å². The summed E-state index contributed by atoms with van der Waals surface area (Å²) in [6.07, 6.45) is 2.32. The maximum Gasteiger partial charge on any atom is 0.270 e. The third kappa shape index (κ3) is 3.62. The molecular formula is C22H18FN3O2. The summed E-state index contributed by atoms with van der Waals surface area (Å²) >= 11 is 0. The van der Waals surface area contributed by atoms with Crippen LogP contribution in [0.4, 0.5) is 10.1 Å². The monoisotopic (exact) mass is 375 g/mol. The Morgan fingerprint density at radius 3 is 2.64 bits per heavy atom. The van der Waals surface area contributed by atoms with E-state index in [0.717, 1.165) is 23.2 Å². The van der Waals surface area contributed by atoms with Gasteiger partial charge in [-0.3, -0.25) is 14.6 Å². The van der Waals surface area contributed by atoms with E-state index in [0.29, 0.717) is 24.3 Å². The summed E-state index contributed by atoms with van der Waals surface area (Å²) in [7, 11) is 0. The molecule has 1 N–H and O–H groups in total. The lowest BCUT2D eigenvalue weighted by atomic mass is 10.1. The molecule has 2 heterocycles. The van der Waals surface area contributed by atoms with Crippen molar-refractivity contribution in [3.05, 3.63) is 95.1 Å². The van der Waals surface area contributed by atoms with E-state index in [-0.39, 0.29) is 17.6 Å². The van der Waals surface area contributed by atoms with Gasteiger partial charge in [-0.2, -0.15) is 0 Å². The fourth-order valence-electron chi connectivity index (χ4n) is 3.29. The van der Waals surface area contributed by atoms with Gasteiger partial charge >= 0.3 is 0 Å². The van der Waals surface area contributed by atoms with Gasteiger partial charge in [0.25, 0.3) is 11.8 Å². The molecule has 28 heavy (non-hydrogen) atoms. The van der Waals surface area contributed by atoms with Gasteiger partial charge in [0.1, 0.15) is 11.5 Å². The minimum Gasteiger partial charge on any atom is -0.347 e. The number of aromatic nitrogens is 1. The Kier molecular flexibility index (Phi) is 4.85. The Morgan fingerprint density at radius 2 is 1.89 bits per heavy atom. The van der Waals surface area contributed by atoms with Crippen molar-refractivity contribution in [2.45, 2.75) is 13.0 Å². The number of carbonyl (C=O) groups is 2. The van der Waals surface area contributed by atoms with E-state index < -0.39 is 0 Å². The molecule has 4 rings (SSSR count). The highest BCUT2D eigenvalue weighted by atomic mass is 19.1. The summed E-state index contributed by atoms with van der Waals surface area (Å²) in [5.41, 5.74) is 3.70. The molecule has 3 aromatic rings. The normalized spacial score (nSPS) is 12.5. The van der Waals surface area contributed by atoms with Crippen LogP contribution < -0.4 is 10.2 Å². The number of fused-ring (bicyclic) bond motifs is 1. The first-order valence-electron chi connectivity index (χ1n) is 9.00. The number of hydrogen-bond donors (Lipinski definition) is 1. The third-order valence-corrected chi connectivity index (χ3v) is 4.73. The largest absolute Gasteiger partial charge is 0.347 e. The number of nitrogens with one attached hydrogen (secondary N) is 1. The van der Waals surface area contributed by atoms with Gasteiger partial charge in [-0.25, -0.2) is 4.39 Å². The summed E-state index contributed by atoms with van der Waals surface area (Å²) < 4.78 is 13.1. The number of nitrogens with zero attached hydrogens (tertiary/aromatic N) is 2. The number of anilines is 1. The number of benzene rings is 2. The lowest BCUT2D eigenvalue weighted by Gasteiger charge is -2.17. The van der Waals surface area contributed by atoms with Crippen molar-refractivity contribution in [1.82, 2.24) is 10.3 Å². The highest BCUT2D eigenvalue weighted by molar-refractivity contribution is 6.07. The minimum absolute atomic E-state index is 0.144. The van der Waals surface area contributed by atoms with E-state index in [9.17, 15) is 14.0 Å². The van der Waals surface area contributed by atoms with Crippen molar-refractivity contribution in [1.29, 1.82) is 0 Å². The van der Waals surface area contributed by atoms with Gasteiger partial charge in [-0.1, -0.05) is 18.2 Å². The third-order valence-electron chi connectivity index (χ3n) is 4.73. The zero-order chi connectivity index (χ0) is 19.5. The Morgan fingerprint density at radius 1 is 1.07 bits per heavy atom. The molecule has 0 unspecified atom stereocenters. The fraction of sp³-hybridized carbons (Fsp3) is 0.136. The SMILES string of the molecule is O=C(NCc1ccc2c(c1)CCN2C(=O)c1ccc(F)cc1)c1ccccn1. The van der Waals surface area contributed by atoms with Crippen LogP contribution in [0, 0.1) is 5.82 Å². The lowest BCUT2D eigenvalue weighted by Crippen LogP contribution is -2.28. The molecule has 0 fully saturated rings. The number of rotatable bonds is 4. The van der Waals surface area contributed by atoms with Crippen LogP contribution in [0.25, 0.3) is 0 Å². The molecule has 0 spiro atoms. The summed E-state index contributed by atoms with van der Waals surface area (Å²) in [5.74, 6) is -0.736. The molecule has 140 valence electrons. The highest BCUT2D eigenvalue weighted by Crippen LogP contribution is 2.30. The zero-order valence-electron chi connectivity index (χ0n) is 15.1. The first-order valence-corrected chi connectivity index (χ1v) is 9.00. The molecule has 2 amide bonds. The van der Waals surface area contributed by atoms with Crippen molar-refractivity contribution in [2.24, 2.45) is 0 Å². The average Bonchev–Trinajstić information content (AvgIpc) is 3.16. The molecule has 0 radical (unpaired) electrons. The van der Waals surface area contributed by atoms with Crippen LogP contribution in [0.1, 0.15) is 32.0 Å².